The molecule has 1 aliphatic rings. The number of hydrogen-bond acceptors (Lipinski definition) is 5. The lowest BCUT2D eigenvalue weighted by atomic mass is 10.2. The number of hydrogen-bond donors (Lipinski definition) is 0. The second-order valence-corrected chi connectivity index (χ2v) is 7.17. The van der Waals surface area contributed by atoms with Crippen LogP contribution in [0.15, 0.2) is 41.8 Å². The van der Waals surface area contributed by atoms with Gasteiger partial charge in [0.1, 0.15) is 5.82 Å². The first-order valence-electron chi connectivity index (χ1n) is 8.50. The minimum absolute atomic E-state index is 0.0105. The van der Waals surface area contributed by atoms with E-state index in [1.807, 2.05) is 35.2 Å². The molecule has 3 aromatic rings. The van der Waals surface area contributed by atoms with Crippen molar-refractivity contribution >= 4 is 23.0 Å². The molecular formula is C19H18N4O2S. The van der Waals surface area contributed by atoms with Crippen LogP contribution in [0.4, 0.5) is 0 Å². The van der Waals surface area contributed by atoms with Crippen LogP contribution in [0, 0.1) is 0 Å². The zero-order valence-corrected chi connectivity index (χ0v) is 15.2. The van der Waals surface area contributed by atoms with Crippen molar-refractivity contribution in [3.63, 3.8) is 0 Å². The van der Waals surface area contributed by atoms with Crippen LogP contribution in [-0.2, 0) is 13.0 Å². The fourth-order valence-electron chi connectivity index (χ4n) is 3.14. The number of ketones is 1. The van der Waals surface area contributed by atoms with Gasteiger partial charge in [-0.15, -0.1) is 21.5 Å². The molecule has 0 bridgehead atoms. The average molecular weight is 366 g/mol. The number of rotatable bonds is 3. The summed E-state index contributed by atoms with van der Waals surface area (Å²) in [6.07, 6.45) is 0.662. The molecule has 4 rings (SSSR count). The molecule has 26 heavy (non-hydrogen) atoms. The Morgan fingerprint density at radius 1 is 1.08 bits per heavy atom. The fourth-order valence-corrected chi connectivity index (χ4v) is 3.93. The molecule has 132 valence electrons. The first kappa shape index (κ1) is 16.7. The maximum atomic E-state index is 12.8. The largest absolute Gasteiger partial charge is 0.336 e. The highest BCUT2D eigenvalue weighted by atomic mass is 32.1. The summed E-state index contributed by atoms with van der Waals surface area (Å²) < 4.78 is 2.09. The minimum Gasteiger partial charge on any atom is -0.336 e. The molecule has 1 aliphatic heterocycles. The van der Waals surface area contributed by atoms with Crippen LogP contribution in [-0.4, -0.2) is 44.4 Å². The second kappa shape index (κ2) is 6.84. The van der Waals surface area contributed by atoms with E-state index in [0.717, 1.165) is 17.2 Å². The number of Topliss-reactive ketones (excluding diaryl/α,β-unsaturated/α-hetero) is 1. The number of carbonyl (C=O) groups excluding carboxylic acids is 2. The molecule has 0 fully saturated rings. The Hall–Kier alpha value is -2.80. The summed E-state index contributed by atoms with van der Waals surface area (Å²) in [7, 11) is 0. The molecule has 0 atom stereocenters. The standard InChI is InChI=1S/C19H18N4O2S/c1-13(24)16-11-15(12-26-16)19(25)22-8-7-17-20-21-18(23(17)10-9-22)14-5-3-2-4-6-14/h2-6,11-12H,7-10H2,1H3. The average Bonchev–Trinajstić information content (AvgIpc) is 3.25. The Morgan fingerprint density at radius 2 is 1.88 bits per heavy atom. The molecule has 0 radical (unpaired) electrons. The first-order valence-corrected chi connectivity index (χ1v) is 9.37. The fraction of sp³-hybridized carbons (Fsp3) is 0.263. The van der Waals surface area contributed by atoms with Gasteiger partial charge < -0.3 is 9.47 Å². The van der Waals surface area contributed by atoms with Crippen molar-refractivity contribution in [3.8, 4) is 11.4 Å². The zero-order valence-electron chi connectivity index (χ0n) is 14.4. The van der Waals surface area contributed by atoms with Crippen LogP contribution in [0.2, 0.25) is 0 Å². The monoisotopic (exact) mass is 366 g/mol. The van der Waals surface area contributed by atoms with Gasteiger partial charge in [0.15, 0.2) is 11.6 Å². The van der Waals surface area contributed by atoms with Gasteiger partial charge in [0.05, 0.1) is 10.4 Å². The molecular weight excluding hydrogens is 348 g/mol. The molecule has 7 heteroatoms. The third kappa shape index (κ3) is 3.06. The summed E-state index contributed by atoms with van der Waals surface area (Å²) in [4.78, 5) is 26.7. The van der Waals surface area contributed by atoms with Crippen molar-refractivity contribution in [2.75, 3.05) is 13.1 Å². The van der Waals surface area contributed by atoms with Gasteiger partial charge in [0.2, 0.25) is 0 Å². The van der Waals surface area contributed by atoms with E-state index in [9.17, 15) is 9.59 Å². The van der Waals surface area contributed by atoms with Gasteiger partial charge in [-0.25, -0.2) is 0 Å². The van der Waals surface area contributed by atoms with Crippen LogP contribution >= 0.6 is 11.3 Å². The Kier molecular flexibility index (Phi) is 4.38. The summed E-state index contributed by atoms with van der Waals surface area (Å²) in [5.41, 5.74) is 1.61. The van der Waals surface area contributed by atoms with E-state index in [1.165, 1.54) is 18.3 Å². The number of benzene rings is 1. The molecule has 3 heterocycles. The molecule has 0 saturated heterocycles. The number of aromatic nitrogens is 3. The third-order valence-corrected chi connectivity index (χ3v) is 5.57. The van der Waals surface area contributed by atoms with Gasteiger partial charge in [-0.2, -0.15) is 0 Å². The molecule has 0 N–H and O–H groups in total. The Labute approximate surface area is 155 Å². The Bertz CT molecular complexity index is 961. The molecule has 0 unspecified atom stereocenters. The van der Waals surface area contributed by atoms with E-state index in [4.69, 9.17) is 0 Å². The molecule has 0 aliphatic carbocycles. The lowest BCUT2D eigenvalue weighted by Crippen LogP contribution is -2.33. The molecule has 1 aromatic carbocycles. The Morgan fingerprint density at radius 3 is 2.62 bits per heavy atom. The van der Waals surface area contributed by atoms with Crippen molar-refractivity contribution in [2.24, 2.45) is 0 Å². The van der Waals surface area contributed by atoms with Crippen LogP contribution in [0.3, 0.4) is 0 Å². The lowest BCUT2D eigenvalue weighted by Gasteiger charge is -2.19. The molecule has 2 aromatic heterocycles. The first-order chi connectivity index (χ1) is 12.6. The predicted molar refractivity (Wildman–Crippen MR) is 99.4 cm³/mol. The number of fused-ring (bicyclic) bond motifs is 1. The SMILES string of the molecule is CC(=O)c1cc(C(=O)N2CCc3nnc(-c4ccccc4)n3CC2)cs1. The number of thiophene rings is 1. The lowest BCUT2D eigenvalue weighted by molar-refractivity contribution is 0.0759. The van der Waals surface area contributed by atoms with Crippen LogP contribution < -0.4 is 0 Å². The van der Waals surface area contributed by atoms with Gasteiger partial charge in [0.25, 0.3) is 5.91 Å². The minimum atomic E-state index is -0.0336. The normalized spacial score (nSPS) is 14.0. The highest BCUT2D eigenvalue weighted by Gasteiger charge is 2.24. The summed E-state index contributed by atoms with van der Waals surface area (Å²) in [6.45, 7) is 3.36. The van der Waals surface area contributed by atoms with E-state index >= 15 is 0 Å². The summed E-state index contributed by atoms with van der Waals surface area (Å²) in [5.74, 6) is 1.69. The van der Waals surface area contributed by atoms with Gasteiger partial charge in [-0.05, 0) is 13.0 Å². The third-order valence-electron chi connectivity index (χ3n) is 4.54. The summed E-state index contributed by atoms with van der Waals surface area (Å²) >= 11 is 1.32. The van der Waals surface area contributed by atoms with Crippen LogP contribution in [0.25, 0.3) is 11.4 Å². The molecule has 1 amide bonds. The smallest absolute Gasteiger partial charge is 0.254 e. The summed E-state index contributed by atoms with van der Waals surface area (Å²) in [6, 6.07) is 11.6. The summed E-state index contributed by atoms with van der Waals surface area (Å²) in [5, 5.41) is 10.4. The van der Waals surface area contributed by atoms with Crippen LogP contribution in [0.1, 0.15) is 32.8 Å². The van der Waals surface area contributed by atoms with Crippen LogP contribution in [0.5, 0.6) is 0 Å². The van der Waals surface area contributed by atoms with Gasteiger partial charge in [0, 0.05) is 37.0 Å². The molecule has 0 spiro atoms. The van der Waals surface area contributed by atoms with E-state index in [1.54, 1.807) is 11.4 Å². The van der Waals surface area contributed by atoms with Crippen molar-refractivity contribution in [3.05, 3.63) is 58.0 Å². The topological polar surface area (TPSA) is 68.1 Å². The van der Waals surface area contributed by atoms with E-state index in [0.29, 0.717) is 36.5 Å². The van der Waals surface area contributed by atoms with Gasteiger partial charge >= 0.3 is 0 Å². The molecule has 0 saturated carbocycles. The second-order valence-electron chi connectivity index (χ2n) is 6.26. The van der Waals surface area contributed by atoms with E-state index in [-0.39, 0.29) is 11.7 Å². The highest BCUT2D eigenvalue weighted by molar-refractivity contribution is 7.12. The van der Waals surface area contributed by atoms with E-state index < -0.39 is 0 Å². The number of amides is 1. The Balaban J connectivity index is 1.54. The maximum Gasteiger partial charge on any atom is 0.254 e. The predicted octanol–water partition coefficient (Wildman–Crippen LogP) is 2.91. The van der Waals surface area contributed by atoms with Crippen molar-refractivity contribution < 1.29 is 9.59 Å². The zero-order chi connectivity index (χ0) is 18.1. The van der Waals surface area contributed by atoms with E-state index in [2.05, 4.69) is 14.8 Å². The van der Waals surface area contributed by atoms with Crippen molar-refractivity contribution in [2.45, 2.75) is 19.9 Å². The highest BCUT2D eigenvalue weighted by Crippen LogP contribution is 2.22. The number of nitrogens with zero attached hydrogens (tertiary/aromatic N) is 4. The van der Waals surface area contributed by atoms with Crippen molar-refractivity contribution in [1.29, 1.82) is 0 Å². The van der Waals surface area contributed by atoms with Crippen molar-refractivity contribution in [1.82, 2.24) is 19.7 Å². The molecule has 6 nitrogen and oxygen atoms in total. The number of carbonyl (C=O) groups is 2. The van der Waals surface area contributed by atoms with Gasteiger partial charge in [-0.3, -0.25) is 9.59 Å². The quantitative estimate of drug-likeness (QED) is 0.669. The van der Waals surface area contributed by atoms with Gasteiger partial charge in [-0.1, -0.05) is 30.3 Å². The maximum absolute atomic E-state index is 12.8.